The molecule has 0 heterocycles. The van der Waals surface area contributed by atoms with Crippen molar-refractivity contribution in [2.45, 2.75) is 104 Å². The molecular weight excluding hydrogens is 227 g/mol. The third kappa shape index (κ3) is 4.69. The SMILES string of the molecule is CCCC/C=C/[B-](C(C)CC)(C(C)CC)C(C)CC. The van der Waals surface area contributed by atoms with E-state index in [-0.39, 0.29) is 6.15 Å². The molecule has 0 aliphatic carbocycles. The van der Waals surface area contributed by atoms with Crippen LogP contribution < -0.4 is 0 Å². The summed E-state index contributed by atoms with van der Waals surface area (Å²) in [5.74, 6) is 5.18. The maximum atomic E-state index is 2.67. The van der Waals surface area contributed by atoms with E-state index in [4.69, 9.17) is 0 Å². The van der Waals surface area contributed by atoms with Gasteiger partial charge in [0.05, 0.1) is 0 Å². The van der Waals surface area contributed by atoms with Crippen LogP contribution in [0.5, 0.6) is 0 Å². The second-order valence-electron chi connectivity index (χ2n) is 6.88. The van der Waals surface area contributed by atoms with Crippen molar-refractivity contribution in [3.8, 4) is 0 Å². The third-order valence-corrected chi connectivity index (χ3v) is 6.08. The van der Waals surface area contributed by atoms with E-state index in [1.165, 1.54) is 38.5 Å². The third-order valence-electron chi connectivity index (χ3n) is 6.08. The molecule has 0 radical (unpaired) electrons. The van der Waals surface area contributed by atoms with Gasteiger partial charge in [-0.15, -0.1) is 6.08 Å². The minimum Gasteiger partial charge on any atom is -0.249 e. The van der Waals surface area contributed by atoms with Gasteiger partial charge in [0, 0.05) is 6.15 Å². The fraction of sp³-hybridized carbons (Fsp3) is 0.889. The number of hydrogen-bond acceptors (Lipinski definition) is 0. The fourth-order valence-corrected chi connectivity index (χ4v) is 4.13. The van der Waals surface area contributed by atoms with Gasteiger partial charge in [-0.1, -0.05) is 80.6 Å². The molecule has 0 spiro atoms. The van der Waals surface area contributed by atoms with Crippen LogP contribution in [0.2, 0.25) is 17.5 Å². The molecule has 0 fully saturated rings. The van der Waals surface area contributed by atoms with Crippen LogP contribution in [0.15, 0.2) is 12.1 Å². The molecule has 0 saturated carbocycles. The molecular formula is C18H38B-. The topological polar surface area (TPSA) is 0 Å². The molecule has 0 amide bonds. The monoisotopic (exact) mass is 265 g/mol. The van der Waals surface area contributed by atoms with Gasteiger partial charge in [0.25, 0.3) is 0 Å². The lowest BCUT2D eigenvalue weighted by atomic mass is 9.08. The standard InChI is InChI=1S/C18H38B/c1-8-12-13-14-15-19(16(5)9-2,17(6)10-3)18(7)11-4/h14-18H,8-13H2,1-7H3/q-1/b15-14+. The van der Waals surface area contributed by atoms with Gasteiger partial charge in [-0.3, -0.25) is 0 Å². The number of unbranched alkanes of at least 4 members (excludes halogenated alkanes) is 2. The Bertz CT molecular complexity index is 218. The van der Waals surface area contributed by atoms with Crippen molar-refractivity contribution in [1.29, 1.82) is 0 Å². The number of rotatable bonds is 10. The van der Waals surface area contributed by atoms with Crippen LogP contribution in [0.25, 0.3) is 0 Å². The van der Waals surface area contributed by atoms with Crippen LogP contribution in [0.4, 0.5) is 0 Å². The summed E-state index contributed by atoms with van der Waals surface area (Å²) in [6, 6.07) is 0. The van der Waals surface area contributed by atoms with Crippen molar-refractivity contribution in [2.24, 2.45) is 0 Å². The van der Waals surface area contributed by atoms with Gasteiger partial charge in [0.15, 0.2) is 0 Å². The molecule has 0 saturated heterocycles. The van der Waals surface area contributed by atoms with Gasteiger partial charge in [0.2, 0.25) is 0 Å². The summed E-state index contributed by atoms with van der Waals surface area (Å²) in [5, 5.41) is 0. The normalized spacial score (nSPS) is 20.2. The highest BCUT2D eigenvalue weighted by atomic mass is 14.2. The average Bonchev–Trinajstić information content (AvgIpc) is 2.45. The molecule has 1 heteroatoms. The van der Waals surface area contributed by atoms with E-state index in [1.54, 1.807) is 0 Å². The average molecular weight is 265 g/mol. The summed E-state index contributed by atoms with van der Waals surface area (Å²) in [7, 11) is 0. The molecule has 3 unspecified atom stereocenters. The van der Waals surface area contributed by atoms with Crippen molar-refractivity contribution in [3.63, 3.8) is 0 Å². The Labute approximate surface area is 123 Å². The molecule has 114 valence electrons. The Morgan fingerprint density at radius 1 is 0.789 bits per heavy atom. The highest BCUT2D eigenvalue weighted by molar-refractivity contribution is 6.88. The van der Waals surface area contributed by atoms with Crippen LogP contribution in [-0.4, -0.2) is 6.15 Å². The largest absolute Gasteiger partial charge is 0.249 e. The Morgan fingerprint density at radius 2 is 1.21 bits per heavy atom. The van der Waals surface area contributed by atoms with Crippen molar-refractivity contribution in [1.82, 2.24) is 0 Å². The van der Waals surface area contributed by atoms with E-state index < -0.39 is 0 Å². The first kappa shape index (κ1) is 18.8. The molecule has 0 aromatic carbocycles. The second-order valence-corrected chi connectivity index (χ2v) is 6.88. The lowest BCUT2D eigenvalue weighted by Gasteiger charge is -2.52. The summed E-state index contributed by atoms with van der Waals surface area (Å²) in [4.78, 5) is 0. The molecule has 0 rings (SSSR count). The van der Waals surface area contributed by atoms with E-state index >= 15 is 0 Å². The Kier molecular flexibility index (Phi) is 9.57. The molecule has 0 N–H and O–H groups in total. The van der Waals surface area contributed by atoms with Crippen LogP contribution >= 0.6 is 0 Å². The molecule has 0 aromatic rings. The minimum absolute atomic E-state index is 0.384. The first-order chi connectivity index (χ1) is 9.00. The predicted molar refractivity (Wildman–Crippen MR) is 93.6 cm³/mol. The summed E-state index contributed by atoms with van der Waals surface area (Å²) < 4.78 is 0. The maximum absolute atomic E-state index is 2.67. The lowest BCUT2D eigenvalue weighted by molar-refractivity contribution is 0.698. The van der Waals surface area contributed by atoms with Crippen molar-refractivity contribution < 1.29 is 0 Å². The Balaban J connectivity index is 5.30. The molecule has 0 aromatic heterocycles. The van der Waals surface area contributed by atoms with Crippen LogP contribution in [0, 0.1) is 0 Å². The second kappa shape index (κ2) is 9.67. The zero-order valence-corrected chi connectivity index (χ0v) is 14.7. The maximum Gasteiger partial charge on any atom is 0.0279 e. The molecule has 0 nitrogen and oxygen atoms in total. The van der Waals surface area contributed by atoms with Crippen molar-refractivity contribution in [2.75, 3.05) is 0 Å². The highest BCUT2D eigenvalue weighted by Crippen LogP contribution is 2.47. The van der Waals surface area contributed by atoms with E-state index in [9.17, 15) is 0 Å². The first-order valence-corrected chi connectivity index (χ1v) is 8.86. The first-order valence-electron chi connectivity index (χ1n) is 8.86. The van der Waals surface area contributed by atoms with Gasteiger partial charge in [-0.25, -0.2) is 5.98 Å². The van der Waals surface area contributed by atoms with E-state index in [2.05, 4.69) is 60.5 Å². The summed E-state index contributed by atoms with van der Waals surface area (Å²) >= 11 is 0. The van der Waals surface area contributed by atoms with E-state index in [0.29, 0.717) is 0 Å². The lowest BCUT2D eigenvalue weighted by Crippen LogP contribution is -2.45. The Morgan fingerprint density at radius 3 is 1.53 bits per heavy atom. The zero-order valence-electron chi connectivity index (χ0n) is 14.7. The molecule has 0 aliphatic heterocycles. The number of allylic oxidation sites excluding steroid dienone is 1. The van der Waals surface area contributed by atoms with Crippen LogP contribution in [-0.2, 0) is 0 Å². The van der Waals surface area contributed by atoms with Crippen molar-refractivity contribution in [3.05, 3.63) is 12.1 Å². The smallest absolute Gasteiger partial charge is 0.0279 e. The predicted octanol–water partition coefficient (Wildman–Crippen LogP) is 7.12. The summed E-state index contributed by atoms with van der Waals surface area (Å²) in [5.41, 5.74) is 0. The fourth-order valence-electron chi connectivity index (χ4n) is 4.13. The van der Waals surface area contributed by atoms with E-state index in [0.717, 1.165) is 17.5 Å². The van der Waals surface area contributed by atoms with Gasteiger partial charge in [-0.2, -0.15) is 17.5 Å². The number of hydrogen-bond donors (Lipinski definition) is 0. The molecule has 0 bridgehead atoms. The molecule has 0 aliphatic rings. The van der Waals surface area contributed by atoms with Gasteiger partial charge < -0.3 is 0 Å². The van der Waals surface area contributed by atoms with Gasteiger partial charge in [-0.05, 0) is 6.42 Å². The zero-order chi connectivity index (χ0) is 14.9. The summed E-state index contributed by atoms with van der Waals surface area (Å²) in [6.45, 7) is 16.8. The van der Waals surface area contributed by atoms with Crippen molar-refractivity contribution >= 4 is 6.15 Å². The Hall–Kier alpha value is -0.195. The minimum atomic E-state index is -0.384. The van der Waals surface area contributed by atoms with E-state index in [1.807, 2.05) is 0 Å². The highest BCUT2D eigenvalue weighted by Gasteiger charge is 2.35. The van der Waals surface area contributed by atoms with Crippen LogP contribution in [0.3, 0.4) is 0 Å². The van der Waals surface area contributed by atoms with Gasteiger partial charge in [0.1, 0.15) is 0 Å². The summed E-state index contributed by atoms with van der Waals surface area (Å²) in [6.07, 6.45) is 9.97. The van der Waals surface area contributed by atoms with Crippen LogP contribution in [0.1, 0.15) is 87.0 Å². The van der Waals surface area contributed by atoms with Gasteiger partial charge >= 0.3 is 0 Å². The quantitative estimate of drug-likeness (QED) is 0.291. The molecule has 3 atom stereocenters. The molecule has 19 heavy (non-hydrogen) atoms.